The number of hydrogen-bond acceptors (Lipinski definition) is 3. The molecule has 0 saturated carbocycles. The summed E-state index contributed by atoms with van der Waals surface area (Å²) in [5.41, 5.74) is 2.26. The van der Waals surface area contributed by atoms with E-state index in [4.69, 9.17) is 9.47 Å². The lowest BCUT2D eigenvalue weighted by molar-refractivity contribution is -0.917. The molecule has 5 nitrogen and oxygen atoms in total. The van der Waals surface area contributed by atoms with Gasteiger partial charge >= 0.3 is 0 Å². The lowest BCUT2D eigenvalue weighted by Gasteiger charge is -2.31. The van der Waals surface area contributed by atoms with Gasteiger partial charge < -0.3 is 19.3 Å². The summed E-state index contributed by atoms with van der Waals surface area (Å²) in [7, 11) is 3.30. The van der Waals surface area contributed by atoms with E-state index in [0.717, 1.165) is 49.8 Å². The van der Waals surface area contributed by atoms with Gasteiger partial charge in [-0.15, -0.1) is 0 Å². The Kier molecular flexibility index (Phi) is 6.49. The van der Waals surface area contributed by atoms with Crippen LogP contribution in [0.1, 0.15) is 11.1 Å². The first-order chi connectivity index (χ1) is 13.2. The fraction of sp³-hybridized carbons (Fsp3) is 0.318. The van der Waals surface area contributed by atoms with Gasteiger partial charge in [-0.3, -0.25) is 4.79 Å². The Labute approximate surface area is 160 Å². The third kappa shape index (κ3) is 5.11. The number of nitrogens with zero attached hydrogens (tertiary/aromatic N) is 1. The SMILES string of the molecule is COc1ccc(C[NH+]2CCN(C(=O)/C=C/c3ccccc3)CC2)cc1OC. The van der Waals surface area contributed by atoms with Crippen LogP contribution in [0.25, 0.3) is 6.08 Å². The van der Waals surface area contributed by atoms with Gasteiger partial charge in [0.1, 0.15) is 6.54 Å². The van der Waals surface area contributed by atoms with Crippen LogP contribution in [0.2, 0.25) is 0 Å². The minimum absolute atomic E-state index is 0.0871. The van der Waals surface area contributed by atoms with Crippen LogP contribution in [-0.4, -0.2) is 51.2 Å². The summed E-state index contributed by atoms with van der Waals surface area (Å²) in [5, 5.41) is 0. The number of hydrogen-bond donors (Lipinski definition) is 1. The first kappa shape index (κ1) is 19.0. The normalized spacial score (nSPS) is 15.1. The quantitative estimate of drug-likeness (QED) is 0.790. The van der Waals surface area contributed by atoms with Gasteiger partial charge in [-0.25, -0.2) is 0 Å². The second-order valence-corrected chi connectivity index (χ2v) is 6.69. The smallest absolute Gasteiger partial charge is 0.246 e. The highest BCUT2D eigenvalue weighted by molar-refractivity contribution is 5.91. The summed E-state index contributed by atoms with van der Waals surface area (Å²) in [6.07, 6.45) is 3.56. The number of ether oxygens (including phenoxy) is 2. The first-order valence-corrected chi connectivity index (χ1v) is 9.26. The van der Waals surface area contributed by atoms with Crippen LogP contribution in [0.4, 0.5) is 0 Å². The van der Waals surface area contributed by atoms with Crippen LogP contribution in [0.15, 0.2) is 54.6 Å². The lowest BCUT2D eigenvalue weighted by atomic mass is 10.1. The van der Waals surface area contributed by atoms with Crippen molar-refractivity contribution < 1.29 is 19.2 Å². The fourth-order valence-corrected chi connectivity index (χ4v) is 3.34. The molecule has 1 N–H and O–H groups in total. The molecule has 1 heterocycles. The molecule has 0 radical (unpaired) electrons. The molecule has 1 saturated heterocycles. The largest absolute Gasteiger partial charge is 0.493 e. The van der Waals surface area contributed by atoms with Crippen LogP contribution >= 0.6 is 0 Å². The molecule has 0 aromatic heterocycles. The highest BCUT2D eigenvalue weighted by Crippen LogP contribution is 2.27. The second-order valence-electron chi connectivity index (χ2n) is 6.69. The van der Waals surface area contributed by atoms with Gasteiger partial charge in [-0.2, -0.15) is 0 Å². The Balaban J connectivity index is 1.51. The summed E-state index contributed by atoms with van der Waals surface area (Å²) in [6.45, 7) is 4.36. The van der Waals surface area contributed by atoms with E-state index in [-0.39, 0.29) is 5.91 Å². The maximum Gasteiger partial charge on any atom is 0.246 e. The van der Waals surface area contributed by atoms with E-state index in [2.05, 4.69) is 6.07 Å². The van der Waals surface area contributed by atoms with Crippen LogP contribution in [0, 0.1) is 0 Å². The number of rotatable bonds is 6. The molecular weight excluding hydrogens is 340 g/mol. The number of methoxy groups -OCH3 is 2. The number of piperazine rings is 1. The Hall–Kier alpha value is -2.79. The van der Waals surface area contributed by atoms with Crippen molar-refractivity contribution in [3.05, 3.63) is 65.7 Å². The summed E-state index contributed by atoms with van der Waals surface area (Å²) >= 11 is 0. The molecule has 2 aromatic carbocycles. The molecular formula is C22H27N2O3+. The van der Waals surface area contributed by atoms with E-state index in [1.165, 1.54) is 10.5 Å². The summed E-state index contributed by atoms with van der Waals surface area (Å²) in [4.78, 5) is 15.8. The molecule has 27 heavy (non-hydrogen) atoms. The maximum absolute atomic E-state index is 12.4. The van der Waals surface area contributed by atoms with Crippen molar-refractivity contribution in [1.29, 1.82) is 0 Å². The molecule has 142 valence electrons. The third-order valence-corrected chi connectivity index (χ3v) is 4.90. The standard InChI is InChI=1S/C22H26N2O3/c1-26-20-10-8-19(16-21(20)27-2)17-23-12-14-24(15-13-23)22(25)11-9-18-6-4-3-5-7-18/h3-11,16H,12-15,17H2,1-2H3/p+1/b11-9+. The minimum atomic E-state index is 0.0871. The Bertz CT molecular complexity index is 781. The predicted octanol–water partition coefficient (Wildman–Crippen LogP) is 1.64. The molecule has 5 heteroatoms. The first-order valence-electron chi connectivity index (χ1n) is 9.26. The van der Waals surface area contributed by atoms with E-state index in [0.29, 0.717) is 0 Å². The number of amides is 1. The lowest BCUT2D eigenvalue weighted by Crippen LogP contribution is -3.13. The van der Waals surface area contributed by atoms with Crippen LogP contribution in [0.5, 0.6) is 11.5 Å². The molecule has 1 aliphatic heterocycles. The topological polar surface area (TPSA) is 43.2 Å². The maximum atomic E-state index is 12.4. The van der Waals surface area contributed by atoms with Crippen LogP contribution in [0.3, 0.4) is 0 Å². The molecule has 1 fully saturated rings. The van der Waals surface area contributed by atoms with Crippen LogP contribution in [-0.2, 0) is 11.3 Å². The average molecular weight is 367 g/mol. The zero-order valence-electron chi connectivity index (χ0n) is 16.0. The Morgan fingerprint density at radius 3 is 2.41 bits per heavy atom. The van der Waals surface area contributed by atoms with Gasteiger partial charge in [0.05, 0.1) is 40.4 Å². The number of carbonyl (C=O) groups excluding carboxylic acids is 1. The molecule has 0 atom stereocenters. The Morgan fingerprint density at radius 1 is 1.04 bits per heavy atom. The van der Waals surface area contributed by atoms with Gasteiger partial charge in [-0.1, -0.05) is 30.3 Å². The highest BCUT2D eigenvalue weighted by atomic mass is 16.5. The van der Waals surface area contributed by atoms with E-state index in [9.17, 15) is 4.79 Å². The minimum Gasteiger partial charge on any atom is -0.493 e. The van der Waals surface area contributed by atoms with Crippen molar-refractivity contribution in [1.82, 2.24) is 4.90 Å². The monoisotopic (exact) mass is 367 g/mol. The predicted molar refractivity (Wildman–Crippen MR) is 106 cm³/mol. The molecule has 0 spiro atoms. The molecule has 1 aliphatic rings. The van der Waals surface area contributed by atoms with Crippen LogP contribution < -0.4 is 14.4 Å². The second kappa shape index (κ2) is 9.24. The van der Waals surface area contributed by atoms with Crippen molar-refractivity contribution in [3.63, 3.8) is 0 Å². The van der Waals surface area contributed by atoms with Crippen molar-refractivity contribution in [2.24, 2.45) is 0 Å². The molecule has 0 aliphatic carbocycles. The summed E-state index contributed by atoms with van der Waals surface area (Å²) in [5.74, 6) is 1.59. The zero-order chi connectivity index (χ0) is 19.1. The van der Waals surface area contributed by atoms with Crippen molar-refractivity contribution >= 4 is 12.0 Å². The number of benzene rings is 2. The van der Waals surface area contributed by atoms with Gasteiger partial charge in [-0.05, 0) is 29.8 Å². The Morgan fingerprint density at radius 2 is 1.74 bits per heavy atom. The van der Waals surface area contributed by atoms with E-state index >= 15 is 0 Å². The average Bonchev–Trinajstić information content (AvgIpc) is 2.73. The number of quaternary nitrogens is 1. The van der Waals surface area contributed by atoms with Crippen molar-refractivity contribution in [2.75, 3.05) is 40.4 Å². The molecule has 1 amide bonds. The highest BCUT2D eigenvalue weighted by Gasteiger charge is 2.22. The summed E-state index contributed by atoms with van der Waals surface area (Å²) in [6, 6.07) is 16.0. The summed E-state index contributed by atoms with van der Waals surface area (Å²) < 4.78 is 10.7. The van der Waals surface area contributed by atoms with Gasteiger partial charge in [0, 0.05) is 11.6 Å². The van der Waals surface area contributed by atoms with Gasteiger partial charge in [0.2, 0.25) is 5.91 Å². The number of nitrogens with one attached hydrogen (secondary N) is 1. The number of carbonyl (C=O) groups is 1. The molecule has 0 unspecified atom stereocenters. The van der Waals surface area contributed by atoms with Crippen molar-refractivity contribution in [3.8, 4) is 11.5 Å². The van der Waals surface area contributed by atoms with E-state index < -0.39 is 0 Å². The van der Waals surface area contributed by atoms with E-state index in [1.807, 2.05) is 53.4 Å². The molecule has 2 aromatic rings. The van der Waals surface area contributed by atoms with E-state index in [1.54, 1.807) is 20.3 Å². The zero-order valence-corrected chi connectivity index (χ0v) is 16.0. The van der Waals surface area contributed by atoms with Gasteiger partial charge in [0.15, 0.2) is 11.5 Å². The molecule has 3 rings (SSSR count). The third-order valence-electron chi connectivity index (χ3n) is 4.90. The van der Waals surface area contributed by atoms with Gasteiger partial charge in [0.25, 0.3) is 0 Å². The molecule has 0 bridgehead atoms. The fourth-order valence-electron chi connectivity index (χ4n) is 3.34. The van der Waals surface area contributed by atoms with Crippen molar-refractivity contribution in [2.45, 2.75) is 6.54 Å².